The number of ether oxygens (including phenoxy) is 2. The predicted octanol–water partition coefficient (Wildman–Crippen LogP) is 3.18. The molecule has 0 bridgehead atoms. The van der Waals surface area contributed by atoms with Gasteiger partial charge in [-0.05, 0) is 77.7 Å². The van der Waals surface area contributed by atoms with Gasteiger partial charge in [-0.2, -0.15) is 0 Å². The highest BCUT2D eigenvalue weighted by molar-refractivity contribution is 7.96. The Labute approximate surface area is 265 Å². The summed E-state index contributed by atoms with van der Waals surface area (Å²) in [5.41, 5.74) is 0.146. The van der Waals surface area contributed by atoms with E-state index in [1.165, 1.54) is 0 Å². The number of nitrogens with one attached hydrogen (secondary N) is 4. The van der Waals surface area contributed by atoms with E-state index in [2.05, 4.69) is 40.0 Å². The van der Waals surface area contributed by atoms with Gasteiger partial charge in [0.15, 0.2) is 0 Å². The molecule has 0 spiro atoms. The quantitative estimate of drug-likeness (QED) is 0.156. The van der Waals surface area contributed by atoms with Crippen LogP contribution in [0.3, 0.4) is 0 Å². The number of thiol groups is 1. The number of hydrogen-bond donors (Lipinski definition) is 5. The molecule has 1 fully saturated rings. The zero-order valence-corrected chi connectivity index (χ0v) is 26.9. The Kier molecular flexibility index (Phi) is 13.3. The maximum Gasteiger partial charge on any atom is 0.408 e. The maximum absolute atomic E-state index is 13.8. The Bertz CT molecular complexity index is 1190. The lowest BCUT2D eigenvalue weighted by Gasteiger charge is -2.32. The van der Waals surface area contributed by atoms with Gasteiger partial charge in [-0.3, -0.25) is 19.2 Å². The first-order valence-electron chi connectivity index (χ1n) is 15.3. The van der Waals surface area contributed by atoms with Crippen LogP contribution in [0.25, 0.3) is 0 Å². The molecule has 1 aromatic rings. The second kappa shape index (κ2) is 16.6. The standard InChI is InChI=1S/C32H46N4O7S/c1-20(43-32(2,3)4)26(36-31(41)42-19-22-13-9-6-10-14-22)29(39)34-24(17-21-11-7-5-8-12-21)28(38)35-25(30(40)44)18-23-15-16-33-27(23)37/h6-7,9-11,13-14,20-21,23-26H,5,8,12,15-19H2,1-4H3,(H,33,37)(H,34,39)(H,35,38)(H,36,41)(H,40,44)/t20-,21-,23+,24+,25+,26+/m1/s1. The molecule has 6 atom stereocenters. The van der Waals surface area contributed by atoms with Crippen LogP contribution in [-0.2, 0) is 35.3 Å². The van der Waals surface area contributed by atoms with Crippen LogP contribution in [0.2, 0.25) is 0 Å². The van der Waals surface area contributed by atoms with Crippen molar-refractivity contribution in [2.75, 3.05) is 6.54 Å². The van der Waals surface area contributed by atoms with Crippen LogP contribution in [0.5, 0.6) is 0 Å². The van der Waals surface area contributed by atoms with E-state index < -0.39 is 58.8 Å². The number of rotatable bonds is 14. The molecule has 1 saturated heterocycles. The smallest absolute Gasteiger partial charge is 0.408 e. The van der Waals surface area contributed by atoms with Crippen LogP contribution in [0.15, 0.2) is 42.5 Å². The van der Waals surface area contributed by atoms with E-state index in [0.29, 0.717) is 13.0 Å². The summed E-state index contributed by atoms with van der Waals surface area (Å²) in [6.45, 7) is 7.67. The molecule has 1 aliphatic carbocycles. The number of hydrogen-bond acceptors (Lipinski definition) is 7. The summed E-state index contributed by atoms with van der Waals surface area (Å²) >= 11 is 3.96. The van der Waals surface area contributed by atoms with Crippen molar-refractivity contribution in [3.05, 3.63) is 48.0 Å². The summed E-state index contributed by atoms with van der Waals surface area (Å²) in [7, 11) is 0. The number of carbonyl (C=O) groups is 5. The molecular weight excluding hydrogens is 584 g/mol. The first-order chi connectivity index (χ1) is 20.8. The lowest BCUT2D eigenvalue weighted by molar-refractivity contribution is -0.136. The van der Waals surface area contributed by atoms with Gasteiger partial charge in [0, 0.05) is 12.5 Å². The Morgan fingerprint density at radius 3 is 2.30 bits per heavy atom. The molecule has 0 aromatic heterocycles. The van der Waals surface area contributed by atoms with E-state index in [9.17, 15) is 24.0 Å². The van der Waals surface area contributed by atoms with Gasteiger partial charge in [0.25, 0.3) is 0 Å². The molecule has 1 aromatic carbocycles. The highest BCUT2D eigenvalue weighted by atomic mass is 32.1. The third-order valence-corrected chi connectivity index (χ3v) is 7.91. The highest BCUT2D eigenvalue weighted by Crippen LogP contribution is 2.23. The molecule has 4 amide bonds. The van der Waals surface area contributed by atoms with Crippen molar-refractivity contribution in [3.63, 3.8) is 0 Å². The maximum atomic E-state index is 13.8. The molecule has 242 valence electrons. The number of allylic oxidation sites excluding steroid dienone is 2. The van der Waals surface area contributed by atoms with Crippen LogP contribution >= 0.6 is 12.6 Å². The van der Waals surface area contributed by atoms with Crippen LogP contribution in [0, 0.1) is 11.8 Å². The second-order valence-corrected chi connectivity index (χ2v) is 12.9. The molecular formula is C32H46N4O7S. The summed E-state index contributed by atoms with van der Waals surface area (Å²) < 4.78 is 11.4. The molecule has 11 nitrogen and oxygen atoms in total. The van der Waals surface area contributed by atoms with Gasteiger partial charge in [-0.1, -0.05) is 42.5 Å². The van der Waals surface area contributed by atoms with E-state index in [1.54, 1.807) is 6.92 Å². The average molecular weight is 631 g/mol. The molecule has 0 unspecified atom stereocenters. The third-order valence-electron chi connectivity index (χ3n) is 7.60. The fourth-order valence-corrected chi connectivity index (χ4v) is 5.61. The van der Waals surface area contributed by atoms with Gasteiger partial charge in [0.1, 0.15) is 18.7 Å². The van der Waals surface area contributed by atoms with Crippen molar-refractivity contribution in [1.82, 2.24) is 21.3 Å². The summed E-state index contributed by atoms with van der Waals surface area (Å²) in [4.78, 5) is 64.7. The van der Waals surface area contributed by atoms with Crippen LogP contribution < -0.4 is 21.3 Å². The van der Waals surface area contributed by atoms with Gasteiger partial charge in [0.2, 0.25) is 22.8 Å². The Hall–Kier alpha value is -3.38. The van der Waals surface area contributed by atoms with Gasteiger partial charge in [-0.15, -0.1) is 12.6 Å². The number of amides is 4. The molecule has 44 heavy (non-hydrogen) atoms. The van der Waals surface area contributed by atoms with Crippen LogP contribution in [0.4, 0.5) is 4.79 Å². The summed E-state index contributed by atoms with van der Waals surface area (Å²) in [6.07, 6.45) is 6.16. The monoisotopic (exact) mass is 630 g/mol. The van der Waals surface area contributed by atoms with Gasteiger partial charge >= 0.3 is 6.09 Å². The van der Waals surface area contributed by atoms with Crippen molar-refractivity contribution in [2.24, 2.45) is 11.8 Å². The summed E-state index contributed by atoms with van der Waals surface area (Å²) in [6, 6.07) is 5.90. The van der Waals surface area contributed by atoms with Crippen molar-refractivity contribution in [1.29, 1.82) is 0 Å². The van der Waals surface area contributed by atoms with E-state index in [4.69, 9.17) is 9.47 Å². The molecule has 12 heteroatoms. The first-order valence-corrected chi connectivity index (χ1v) is 15.7. The minimum Gasteiger partial charge on any atom is -0.445 e. The van der Waals surface area contributed by atoms with Gasteiger partial charge in [0.05, 0.1) is 17.7 Å². The van der Waals surface area contributed by atoms with Crippen molar-refractivity contribution >= 4 is 41.6 Å². The van der Waals surface area contributed by atoms with Crippen molar-refractivity contribution in [3.8, 4) is 0 Å². The highest BCUT2D eigenvalue weighted by Gasteiger charge is 2.36. The SMILES string of the molecule is C[C@@H](OC(C)(C)C)[C@H](NC(=O)OCc1ccccc1)C(=O)N[C@@H](C[C@@H]1C=CCCC1)C(=O)N[C@@H](C[C@@H]1CCNC1=O)C(=O)S. The molecule has 0 saturated carbocycles. The predicted molar refractivity (Wildman–Crippen MR) is 169 cm³/mol. The second-order valence-electron chi connectivity index (χ2n) is 12.4. The van der Waals surface area contributed by atoms with Crippen LogP contribution in [-0.4, -0.2) is 65.3 Å². The zero-order chi connectivity index (χ0) is 32.3. The van der Waals surface area contributed by atoms with E-state index in [-0.39, 0.29) is 31.3 Å². The minimum atomic E-state index is -1.20. The average Bonchev–Trinajstić information content (AvgIpc) is 3.37. The van der Waals surface area contributed by atoms with Gasteiger partial charge < -0.3 is 30.7 Å². The summed E-state index contributed by atoms with van der Waals surface area (Å²) in [5, 5.41) is 10.3. The molecule has 1 heterocycles. The van der Waals surface area contributed by atoms with E-state index in [1.807, 2.05) is 57.2 Å². The topological polar surface area (TPSA) is 152 Å². The Morgan fingerprint density at radius 1 is 1.00 bits per heavy atom. The zero-order valence-electron chi connectivity index (χ0n) is 26.0. The Morgan fingerprint density at radius 2 is 1.70 bits per heavy atom. The van der Waals surface area contributed by atoms with Gasteiger partial charge in [-0.25, -0.2) is 4.79 Å². The molecule has 3 rings (SSSR count). The normalized spacial score (nSPS) is 20.9. The summed E-state index contributed by atoms with van der Waals surface area (Å²) in [5.74, 6) is -1.77. The minimum absolute atomic E-state index is 0.00668. The van der Waals surface area contributed by atoms with Crippen LogP contribution in [0.1, 0.15) is 71.8 Å². The fraction of sp³-hybridized carbons (Fsp3) is 0.594. The molecule has 4 N–H and O–H groups in total. The molecule has 0 radical (unpaired) electrons. The van der Waals surface area contributed by atoms with Crippen molar-refractivity contribution < 1.29 is 33.4 Å². The molecule has 2 aliphatic rings. The Balaban J connectivity index is 1.77. The van der Waals surface area contributed by atoms with E-state index >= 15 is 0 Å². The lowest BCUT2D eigenvalue weighted by Crippen LogP contribution is -2.59. The van der Waals surface area contributed by atoms with Crippen molar-refractivity contribution in [2.45, 2.75) is 103 Å². The first kappa shape index (κ1) is 35.1. The molecule has 1 aliphatic heterocycles. The number of benzene rings is 1. The third kappa shape index (κ3) is 11.6. The number of carbonyl (C=O) groups excluding carboxylic acids is 5. The number of alkyl carbamates (subject to hydrolysis) is 1. The fourth-order valence-electron chi connectivity index (χ4n) is 5.44. The lowest BCUT2D eigenvalue weighted by atomic mass is 9.89. The van der Waals surface area contributed by atoms with E-state index in [0.717, 1.165) is 24.8 Å². The largest absolute Gasteiger partial charge is 0.445 e.